The lowest BCUT2D eigenvalue weighted by atomic mass is 10.1. The van der Waals surface area contributed by atoms with E-state index in [0.717, 1.165) is 52.3 Å². The minimum Gasteiger partial charge on any atom is -0.395 e. The molecule has 0 spiro atoms. The quantitative estimate of drug-likeness (QED) is 0.0492. The van der Waals surface area contributed by atoms with Gasteiger partial charge in [-0.05, 0) is 57.7 Å². The number of hydrogen-bond acceptors (Lipinski definition) is 6. The minimum atomic E-state index is 0.162. The molecular weight excluding hydrogens is 683 g/mol. The number of ether oxygens (including phenoxy) is 2. The van der Waals surface area contributed by atoms with E-state index in [1.807, 2.05) is 20.6 Å². The highest BCUT2D eigenvalue weighted by Crippen LogP contribution is 2.10. The molecule has 6 nitrogen and oxygen atoms in total. The first kappa shape index (κ1) is 63.1. The van der Waals surface area contributed by atoms with E-state index in [2.05, 4.69) is 39.2 Å². The number of unbranched alkanes of at least 4 members (excludes halogenated alkanes) is 25. The molecule has 0 saturated carbocycles. The van der Waals surface area contributed by atoms with E-state index in [4.69, 9.17) is 14.3 Å². The molecule has 55 heavy (non-hydrogen) atoms. The number of aliphatic hydroxyl groups is 1. The van der Waals surface area contributed by atoms with Gasteiger partial charge < -0.3 is 24.3 Å². The van der Waals surface area contributed by atoms with Crippen LogP contribution in [0, 0.1) is 0 Å². The normalized spacial score (nSPS) is 10.3. The average molecular weight is 786 g/mol. The molecule has 0 heterocycles. The molecule has 0 aromatic carbocycles. The lowest BCUT2D eigenvalue weighted by molar-refractivity contribution is -0.114. The van der Waals surface area contributed by atoms with Crippen molar-refractivity contribution in [1.82, 2.24) is 4.90 Å². The first-order valence-electron chi connectivity index (χ1n) is 23.9. The Kier molecular flexibility index (Phi) is 77.6. The molecule has 0 bridgehead atoms. The number of hydrogen-bond donors (Lipinski definition) is 1. The van der Waals surface area contributed by atoms with Gasteiger partial charge in [0.1, 0.15) is 6.79 Å². The summed E-state index contributed by atoms with van der Waals surface area (Å²) in [7, 11) is 1.77. The summed E-state index contributed by atoms with van der Waals surface area (Å²) in [6, 6.07) is 0. The molecule has 0 aromatic heterocycles. The number of carbonyl (C=O) groups excluding carboxylic acids is 2. The molecule has 0 rings (SSSR count). The van der Waals surface area contributed by atoms with Crippen molar-refractivity contribution >= 4 is 12.6 Å². The summed E-state index contributed by atoms with van der Waals surface area (Å²) in [5.74, 6) is 0.162. The van der Waals surface area contributed by atoms with Crippen molar-refractivity contribution in [1.29, 1.82) is 0 Å². The third kappa shape index (κ3) is 71.1. The van der Waals surface area contributed by atoms with Crippen LogP contribution in [0.15, 0.2) is 12.7 Å². The van der Waals surface area contributed by atoms with Gasteiger partial charge in [0.25, 0.3) is 0 Å². The van der Waals surface area contributed by atoms with Crippen LogP contribution in [0.5, 0.6) is 0 Å². The number of methoxy groups -OCH3 is 1. The summed E-state index contributed by atoms with van der Waals surface area (Å²) in [5.41, 5.74) is 0. The predicted molar refractivity (Wildman–Crippen MR) is 246 cm³/mol. The van der Waals surface area contributed by atoms with Crippen LogP contribution in [0.2, 0.25) is 0 Å². The molecule has 6 heteroatoms. The van der Waals surface area contributed by atoms with Crippen LogP contribution in [-0.4, -0.2) is 75.8 Å². The topological polar surface area (TPSA) is 76.1 Å². The van der Waals surface area contributed by atoms with E-state index < -0.39 is 0 Å². The predicted octanol–water partition coefficient (Wildman–Crippen LogP) is 14.7. The van der Waals surface area contributed by atoms with Crippen LogP contribution in [-0.2, 0) is 19.1 Å². The molecule has 0 amide bonds. The van der Waals surface area contributed by atoms with E-state index in [9.17, 15) is 9.90 Å². The summed E-state index contributed by atoms with van der Waals surface area (Å²) in [4.78, 5) is 21.6. The third-order valence-corrected chi connectivity index (χ3v) is 9.61. The first-order chi connectivity index (χ1) is 27.1. The molecule has 0 aliphatic carbocycles. The maximum absolute atomic E-state index is 11.2. The lowest BCUT2D eigenvalue weighted by Gasteiger charge is -2.21. The van der Waals surface area contributed by atoms with Crippen molar-refractivity contribution in [2.75, 3.05) is 53.2 Å². The van der Waals surface area contributed by atoms with Crippen LogP contribution in [0.1, 0.15) is 241 Å². The van der Waals surface area contributed by atoms with Gasteiger partial charge in [0, 0.05) is 39.9 Å². The highest BCUT2D eigenvalue weighted by molar-refractivity contribution is 5.88. The molecule has 334 valence electrons. The molecule has 0 unspecified atom stereocenters. The Hall–Kier alpha value is -1.08. The number of ketones is 1. The Labute approximate surface area is 347 Å². The van der Waals surface area contributed by atoms with Crippen LogP contribution >= 0.6 is 0 Å². The fourth-order valence-corrected chi connectivity index (χ4v) is 6.13. The fourth-order valence-electron chi connectivity index (χ4n) is 6.13. The van der Waals surface area contributed by atoms with Crippen molar-refractivity contribution in [2.45, 2.75) is 241 Å². The van der Waals surface area contributed by atoms with Crippen molar-refractivity contribution in [3.05, 3.63) is 12.7 Å². The van der Waals surface area contributed by atoms with Crippen molar-refractivity contribution in [3.8, 4) is 0 Å². The van der Waals surface area contributed by atoms with E-state index in [-0.39, 0.29) is 12.4 Å². The second kappa shape index (κ2) is 67.7. The van der Waals surface area contributed by atoms with Crippen LogP contribution in [0.25, 0.3) is 0 Å². The van der Waals surface area contributed by atoms with E-state index in [1.54, 1.807) is 7.11 Å². The molecule has 1 N–H and O–H groups in total. The molecule has 0 aromatic rings. The van der Waals surface area contributed by atoms with Gasteiger partial charge in [-0.1, -0.05) is 202 Å². The molecular formula is C49H103NO5. The summed E-state index contributed by atoms with van der Waals surface area (Å²) in [5, 5.41) is 9.30. The Balaban J connectivity index is -0.000000281. The summed E-state index contributed by atoms with van der Waals surface area (Å²) in [6.45, 7) is 24.6. The van der Waals surface area contributed by atoms with Gasteiger partial charge in [0.2, 0.25) is 0 Å². The van der Waals surface area contributed by atoms with Gasteiger partial charge in [-0.25, -0.2) is 0 Å². The van der Waals surface area contributed by atoms with Gasteiger partial charge in [0.15, 0.2) is 5.78 Å². The summed E-state index contributed by atoms with van der Waals surface area (Å²) < 4.78 is 10.7. The molecule has 0 aliphatic rings. The van der Waals surface area contributed by atoms with Crippen molar-refractivity contribution < 1.29 is 24.2 Å². The number of carbonyl (C=O) groups is 2. The van der Waals surface area contributed by atoms with E-state index in [1.165, 1.54) is 186 Å². The van der Waals surface area contributed by atoms with Crippen molar-refractivity contribution in [3.63, 3.8) is 0 Å². The number of allylic oxidation sites excluding steroid dienone is 1. The van der Waals surface area contributed by atoms with Gasteiger partial charge in [-0.2, -0.15) is 0 Å². The molecule has 0 atom stereocenters. The Morgan fingerprint density at radius 3 is 1.13 bits per heavy atom. The number of rotatable bonds is 40. The average Bonchev–Trinajstić information content (AvgIpc) is 3.22. The summed E-state index contributed by atoms with van der Waals surface area (Å²) >= 11 is 0. The molecule has 0 aliphatic heterocycles. The highest BCUT2D eigenvalue weighted by atomic mass is 16.5. The third-order valence-electron chi connectivity index (χ3n) is 9.61. The number of aliphatic hydroxyl groups excluding tert-OH is 1. The first-order valence-corrected chi connectivity index (χ1v) is 23.9. The molecule has 0 saturated heterocycles. The van der Waals surface area contributed by atoms with Crippen LogP contribution < -0.4 is 0 Å². The minimum absolute atomic E-state index is 0.162. The second-order valence-corrected chi connectivity index (χ2v) is 14.8. The zero-order valence-corrected chi connectivity index (χ0v) is 38.9. The van der Waals surface area contributed by atoms with Crippen molar-refractivity contribution in [2.24, 2.45) is 0 Å². The van der Waals surface area contributed by atoms with Gasteiger partial charge >= 0.3 is 0 Å². The SMILES string of the molecule is C=CC(=O)CCCCCCCN(CCO)CCCCCCCOCCCCCCCC.C=O.CC.CCCCCCCCCC.CCCCCCCCOC. The lowest BCUT2D eigenvalue weighted by Crippen LogP contribution is -2.29. The second-order valence-electron chi connectivity index (χ2n) is 14.8. The zero-order chi connectivity index (χ0) is 42.1. The van der Waals surface area contributed by atoms with Gasteiger partial charge in [0.05, 0.1) is 6.61 Å². The maximum atomic E-state index is 11.2. The highest BCUT2D eigenvalue weighted by Gasteiger charge is 2.04. The van der Waals surface area contributed by atoms with Crippen LogP contribution in [0.3, 0.4) is 0 Å². The Morgan fingerprint density at radius 2 is 0.800 bits per heavy atom. The smallest absolute Gasteiger partial charge is 0.155 e. The Bertz CT molecular complexity index is 600. The van der Waals surface area contributed by atoms with E-state index in [0.29, 0.717) is 6.42 Å². The monoisotopic (exact) mass is 786 g/mol. The molecule has 0 fully saturated rings. The van der Waals surface area contributed by atoms with Crippen LogP contribution in [0.4, 0.5) is 0 Å². The van der Waals surface area contributed by atoms with Gasteiger partial charge in [-0.3, -0.25) is 4.79 Å². The zero-order valence-electron chi connectivity index (χ0n) is 38.9. The number of nitrogens with zero attached hydrogens (tertiary/aromatic N) is 1. The standard InChI is InChI=1S/C27H53NO3.C10H22.C9H20O.C2H6.CH2O/c1-3-5-6-7-13-18-25-31-26-19-14-9-12-17-22-28(23-24-29)21-16-11-8-10-15-20-27(30)4-2;1-3-5-7-9-10-8-6-4-2;1-3-4-5-6-7-8-9-10-2;2*1-2/h4,29H,2-3,5-26H2,1H3;3-10H2,1-2H3;3-9H2,1-2H3;1-2H3;1H2. The van der Waals surface area contributed by atoms with Gasteiger partial charge in [-0.15, -0.1) is 0 Å². The largest absolute Gasteiger partial charge is 0.395 e. The fraction of sp³-hybridized carbons (Fsp3) is 0.918. The molecule has 0 radical (unpaired) electrons. The maximum Gasteiger partial charge on any atom is 0.155 e. The van der Waals surface area contributed by atoms with E-state index >= 15 is 0 Å². The summed E-state index contributed by atoms with van der Waals surface area (Å²) in [6.07, 6.45) is 41.6. The Morgan fingerprint density at radius 1 is 0.491 bits per heavy atom.